The fourth-order valence-electron chi connectivity index (χ4n) is 1.60. The van der Waals surface area contributed by atoms with E-state index in [0.29, 0.717) is 23.7 Å². The van der Waals surface area contributed by atoms with Gasteiger partial charge >= 0.3 is 0 Å². The number of allylic oxidation sites excluding steroid dienone is 1. The molecule has 0 saturated carbocycles. The minimum Gasteiger partial charge on any atom is -0.463 e. The molecular formula is C14H9NO3. The molecule has 0 radical (unpaired) electrons. The SMILES string of the molecule is N#CCC=Cc1ccc2occ(C=O)c(=O)c2c1. The van der Waals surface area contributed by atoms with Gasteiger partial charge in [0, 0.05) is 0 Å². The van der Waals surface area contributed by atoms with E-state index >= 15 is 0 Å². The zero-order valence-corrected chi connectivity index (χ0v) is 9.42. The maximum Gasteiger partial charge on any atom is 0.203 e. The first-order valence-electron chi connectivity index (χ1n) is 5.30. The lowest BCUT2D eigenvalue weighted by molar-refractivity contribution is 0.112. The van der Waals surface area contributed by atoms with Crippen molar-refractivity contribution >= 4 is 23.3 Å². The van der Waals surface area contributed by atoms with Gasteiger partial charge < -0.3 is 4.42 Å². The van der Waals surface area contributed by atoms with Gasteiger partial charge in [-0.1, -0.05) is 18.2 Å². The van der Waals surface area contributed by atoms with Crippen LogP contribution in [-0.2, 0) is 0 Å². The van der Waals surface area contributed by atoms with Crippen LogP contribution < -0.4 is 5.43 Å². The summed E-state index contributed by atoms with van der Waals surface area (Å²) in [5.74, 6) is 0. The molecule has 0 aliphatic rings. The van der Waals surface area contributed by atoms with Crippen molar-refractivity contribution in [2.45, 2.75) is 6.42 Å². The van der Waals surface area contributed by atoms with Gasteiger partial charge in [-0.15, -0.1) is 0 Å². The lowest BCUT2D eigenvalue weighted by atomic mass is 10.1. The summed E-state index contributed by atoms with van der Waals surface area (Å²) in [7, 11) is 0. The van der Waals surface area contributed by atoms with Crippen molar-refractivity contribution in [1.82, 2.24) is 0 Å². The number of hydrogen-bond donors (Lipinski definition) is 0. The van der Waals surface area contributed by atoms with E-state index in [1.54, 1.807) is 30.4 Å². The van der Waals surface area contributed by atoms with Crippen molar-refractivity contribution in [2.24, 2.45) is 0 Å². The molecule has 0 spiro atoms. The van der Waals surface area contributed by atoms with Gasteiger partial charge in [-0.2, -0.15) is 5.26 Å². The number of rotatable bonds is 3. The molecule has 18 heavy (non-hydrogen) atoms. The molecule has 0 N–H and O–H groups in total. The first kappa shape index (κ1) is 11.8. The van der Waals surface area contributed by atoms with E-state index in [1.165, 1.54) is 0 Å². The Hall–Kier alpha value is -2.67. The van der Waals surface area contributed by atoms with E-state index in [4.69, 9.17) is 9.68 Å². The molecule has 0 bridgehead atoms. The highest BCUT2D eigenvalue weighted by molar-refractivity contribution is 5.85. The first-order chi connectivity index (χ1) is 8.76. The second kappa shape index (κ2) is 5.11. The third-order valence-corrected chi connectivity index (χ3v) is 2.47. The molecular weight excluding hydrogens is 230 g/mol. The molecule has 4 nitrogen and oxygen atoms in total. The molecule has 0 aliphatic carbocycles. The van der Waals surface area contributed by atoms with Gasteiger partial charge in [0.25, 0.3) is 0 Å². The number of carbonyl (C=O) groups is 1. The Balaban J connectivity index is 2.56. The lowest BCUT2D eigenvalue weighted by Gasteiger charge is -1.99. The van der Waals surface area contributed by atoms with Gasteiger partial charge in [-0.05, 0) is 17.7 Å². The third kappa shape index (κ3) is 2.20. The molecule has 0 amide bonds. The predicted molar refractivity (Wildman–Crippen MR) is 67.1 cm³/mol. The number of carbonyl (C=O) groups excluding carboxylic acids is 1. The standard InChI is InChI=1S/C14H9NO3/c15-6-2-1-3-10-4-5-13-12(7-10)14(17)11(8-16)9-18-13/h1,3-5,7-9H,2H2. The number of aldehydes is 1. The van der Waals surface area contributed by atoms with Crippen LogP contribution in [0.1, 0.15) is 22.3 Å². The lowest BCUT2D eigenvalue weighted by Crippen LogP contribution is -2.07. The van der Waals surface area contributed by atoms with Crippen molar-refractivity contribution in [1.29, 1.82) is 5.26 Å². The molecule has 0 saturated heterocycles. The Morgan fingerprint density at radius 1 is 1.39 bits per heavy atom. The molecule has 0 unspecified atom stereocenters. The van der Waals surface area contributed by atoms with E-state index < -0.39 is 0 Å². The Bertz CT molecular complexity index is 720. The fraction of sp³-hybridized carbons (Fsp3) is 0.0714. The Labute approximate surface area is 103 Å². The van der Waals surface area contributed by atoms with Crippen molar-refractivity contribution in [3.63, 3.8) is 0 Å². The summed E-state index contributed by atoms with van der Waals surface area (Å²) >= 11 is 0. The Morgan fingerprint density at radius 3 is 2.94 bits per heavy atom. The van der Waals surface area contributed by atoms with Gasteiger partial charge in [0.2, 0.25) is 5.43 Å². The van der Waals surface area contributed by atoms with Crippen LogP contribution in [0.5, 0.6) is 0 Å². The molecule has 0 aliphatic heterocycles. The smallest absolute Gasteiger partial charge is 0.203 e. The van der Waals surface area contributed by atoms with Crippen LogP contribution in [0.25, 0.3) is 17.0 Å². The molecule has 88 valence electrons. The summed E-state index contributed by atoms with van der Waals surface area (Å²) in [6, 6.07) is 7.07. The Kier molecular flexibility index (Phi) is 3.35. The molecule has 4 heteroatoms. The number of fused-ring (bicyclic) bond motifs is 1. The van der Waals surface area contributed by atoms with Crippen molar-refractivity contribution in [3.05, 3.63) is 51.9 Å². The first-order valence-corrected chi connectivity index (χ1v) is 5.30. The summed E-state index contributed by atoms with van der Waals surface area (Å²) in [6.07, 6.45) is 5.38. The zero-order chi connectivity index (χ0) is 13.0. The maximum atomic E-state index is 11.9. The normalized spacial score (nSPS) is 10.6. The minimum absolute atomic E-state index is 0.000606. The van der Waals surface area contributed by atoms with Gasteiger partial charge in [-0.25, -0.2) is 0 Å². The van der Waals surface area contributed by atoms with Crippen LogP contribution in [-0.4, -0.2) is 6.29 Å². The van der Waals surface area contributed by atoms with Crippen molar-refractivity contribution in [2.75, 3.05) is 0 Å². The molecule has 1 aromatic heterocycles. The average Bonchev–Trinajstić information content (AvgIpc) is 2.40. The van der Waals surface area contributed by atoms with E-state index in [9.17, 15) is 9.59 Å². The molecule has 2 rings (SSSR count). The van der Waals surface area contributed by atoms with Gasteiger partial charge in [-0.3, -0.25) is 9.59 Å². The molecule has 0 atom stereocenters. The van der Waals surface area contributed by atoms with Gasteiger partial charge in [0.05, 0.1) is 23.4 Å². The zero-order valence-electron chi connectivity index (χ0n) is 9.42. The summed E-state index contributed by atoms with van der Waals surface area (Å²) in [4.78, 5) is 22.5. The highest BCUT2D eigenvalue weighted by Crippen LogP contribution is 2.14. The number of nitrogens with zero attached hydrogens (tertiary/aromatic N) is 1. The quantitative estimate of drug-likeness (QED) is 0.771. The summed E-state index contributed by atoms with van der Waals surface area (Å²) < 4.78 is 5.19. The third-order valence-electron chi connectivity index (χ3n) is 2.47. The van der Waals surface area contributed by atoms with Crippen molar-refractivity contribution < 1.29 is 9.21 Å². The minimum atomic E-state index is -0.346. The molecule has 0 fully saturated rings. The predicted octanol–water partition coefficient (Wildman–Crippen LogP) is 2.53. The van der Waals surface area contributed by atoms with E-state index in [0.717, 1.165) is 11.8 Å². The molecule has 1 aromatic carbocycles. The monoisotopic (exact) mass is 239 g/mol. The maximum absolute atomic E-state index is 11.9. The second-order valence-electron chi connectivity index (χ2n) is 3.66. The van der Waals surface area contributed by atoms with E-state index in [2.05, 4.69) is 0 Å². The highest BCUT2D eigenvalue weighted by Gasteiger charge is 2.06. The van der Waals surface area contributed by atoms with Gasteiger partial charge in [0.15, 0.2) is 6.29 Å². The number of benzene rings is 1. The topological polar surface area (TPSA) is 71.1 Å². The summed E-state index contributed by atoms with van der Waals surface area (Å²) in [5.41, 5.74) is 0.874. The van der Waals surface area contributed by atoms with Crippen LogP contribution in [0.15, 0.2) is 39.7 Å². The molecule has 1 heterocycles. The summed E-state index contributed by atoms with van der Waals surface area (Å²) in [6.45, 7) is 0. The number of nitriles is 1. The largest absolute Gasteiger partial charge is 0.463 e. The van der Waals surface area contributed by atoms with Crippen LogP contribution in [0.2, 0.25) is 0 Å². The average molecular weight is 239 g/mol. The Morgan fingerprint density at radius 2 is 2.22 bits per heavy atom. The highest BCUT2D eigenvalue weighted by atomic mass is 16.3. The van der Waals surface area contributed by atoms with Gasteiger partial charge in [0.1, 0.15) is 11.8 Å². The van der Waals surface area contributed by atoms with Crippen LogP contribution >= 0.6 is 0 Å². The van der Waals surface area contributed by atoms with Crippen molar-refractivity contribution in [3.8, 4) is 6.07 Å². The van der Waals surface area contributed by atoms with E-state index in [-0.39, 0.29) is 11.0 Å². The van der Waals surface area contributed by atoms with Crippen LogP contribution in [0, 0.1) is 11.3 Å². The fourth-order valence-corrected chi connectivity index (χ4v) is 1.60. The van der Waals surface area contributed by atoms with E-state index in [1.807, 2.05) is 6.07 Å². The van der Waals surface area contributed by atoms with Crippen LogP contribution in [0.4, 0.5) is 0 Å². The number of hydrogen-bond acceptors (Lipinski definition) is 4. The van der Waals surface area contributed by atoms with Crippen LogP contribution in [0.3, 0.4) is 0 Å². The molecule has 2 aromatic rings. The summed E-state index contributed by atoms with van der Waals surface area (Å²) in [5, 5.41) is 8.78. The second-order valence-corrected chi connectivity index (χ2v) is 3.66.